The molecule has 0 saturated heterocycles. The van der Waals surface area contributed by atoms with Crippen LogP contribution < -0.4 is 14.8 Å². The van der Waals surface area contributed by atoms with Crippen LogP contribution >= 0.6 is 27.5 Å². The van der Waals surface area contributed by atoms with E-state index in [-0.39, 0.29) is 18.6 Å². The zero-order chi connectivity index (χ0) is 17.5. The minimum atomic E-state index is -0.196. The highest BCUT2D eigenvalue weighted by molar-refractivity contribution is 9.10. The van der Waals surface area contributed by atoms with Crippen LogP contribution in [-0.4, -0.2) is 19.1 Å². The summed E-state index contributed by atoms with van der Waals surface area (Å²) in [4.78, 5) is 12.0. The summed E-state index contributed by atoms with van der Waals surface area (Å²) in [5.74, 6) is 1.19. The van der Waals surface area contributed by atoms with E-state index < -0.39 is 0 Å². The molecule has 2 aromatic rings. The van der Waals surface area contributed by atoms with Gasteiger partial charge in [-0.1, -0.05) is 23.7 Å². The lowest BCUT2D eigenvalue weighted by Crippen LogP contribution is -2.31. The minimum absolute atomic E-state index is 0.0679. The molecule has 2 rings (SSSR count). The second-order valence-electron chi connectivity index (χ2n) is 5.15. The number of carbonyl (C=O) groups excluding carboxylic acids is 1. The molecule has 1 N–H and O–H groups in total. The van der Waals surface area contributed by atoms with E-state index in [0.29, 0.717) is 21.9 Å². The zero-order valence-electron chi connectivity index (χ0n) is 13.5. The number of hydrogen-bond acceptors (Lipinski definition) is 3. The lowest BCUT2D eigenvalue weighted by atomic mass is 10.1. The summed E-state index contributed by atoms with van der Waals surface area (Å²) >= 11 is 9.22. The van der Waals surface area contributed by atoms with Crippen molar-refractivity contribution in [2.75, 3.05) is 13.2 Å². The Balaban J connectivity index is 1.87. The first-order valence-corrected chi connectivity index (χ1v) is 8.76. The molecule has 0 fully saturated rings. The molecule has 0 heterocycles. The first-order valence-electron chi connectivity index (χ1n) is 7.59. The third-order valence-electron chi connectivity index (χ3n) is 3.32. The van der Waals surface area contributed by atoms with Crippen molar-refractivity contribution in [1.29, 1.82) is 0 Å². The average Bonchev–Trinajstić information content (AvgIpc) is 2.55. The maximum Gasteiger partial charge on any atom is 0.258 e. The van der Waals surface area contributed by atoms with E-state index >= 15 is 0 Å². The molecule has 1 atom stereocenters. The van der Waals surface area contributed by atoms with Crippen molar-refractivity contribution in [2.45, 2.75) is 19.9 Å². The SMILES string of the molecule is CCOc1ccc([C@@H](C)NC(=O)COc2ccc(Cl)cc2Br)cc1. The fraction of sp³-hybridized carbons (Fsp3) is 0.278. The molecule has 0 aliphatic carbocycles. The van der Waals surface area contributed by atoms with Gasteiger partial charge < -0.3 is 14.8 Å². The van der Waals surface area contributed by atoms with Crippen LogP contribution in [0.4, 0.5) is 0 Å². The monoisotopic (exact) mass is 411 g/mol. The number of nitrogens with one attached hydrogen (secondary N) is 1. The van der Waals surface area contributed by atoms with Gasteiger partial charge >= 0.3 is 0 Å². The third-order valence-corrected chi connectivity index (χ3v) is 4.18. The van der Waals surface area contributed by atoms with Crippen molar-refractivity contribution in [2.24, 2.45) is 0 Å². The normalized spacial score (nSPS) is 11.7. The van der Waals surface area contributed by atoms with Gasteiger partial charge in [0, 0.05) is 5.02 Å². The maximum atomic E-state index is 12.0. The highest BCUT2D eigenvalue weighted by Gasteiger charge is 2.11. The van der Waals surface area contributed by atoms with E-state index in [2.05, 4.69) is 21.2 Å². The van der Waals surface area contributed by atoms with E-state index in [9.17, 15) is 4.79 Å². The second kappa shape index (κ2) is 8.94. The number of carbonyl (C=O) groups is 1. The predicted octanol–water partition coefficient (Wildman–Crippen LogP) is 4.76. The standard InChI is InChI=1S/C18H19BrClNO3/c1-3-23-15-7-4-13(5-8-15)12(2)21-18(22)11-24-17-9-6-14(20)10-16(17)19/h4-10,12H,3,11H2,1-2H3,(H,21,22)/t12-/m1/s1. The van der Waals surface area contributed by atoms with Gasteiger partial charge in [-0.25, -0.2) is 0 Å². The molecule has 0 saturated carbocycles. The lowest BCUT2D eigenvalue weighted by Gasteiger charge is -2.15. The molecule has 4 nitrogen and oxygen atoms in total. The van der Waals surface area contributed by atoms with E-state index in [4.69, 9.17) is 21.1 Å². The number of benzene rings is 2. The van der Waals surface area contributed by atoms with Crippen LogP contribution in [0.5, 0.6) is 11.5 Å². The number of halogens is 2. The smallest absolute Gasteiger partial charge is 0.258 e. The van der Waals surface area contributed by atoms with Crippen LogP contribution in [0.25, 0.3) is 0 Å². The highest BCUT2D eigenvalue weighted by Crippen LogP contribution is 2.27. The summed E-state index contributed by atoms with van der Waals surface area (Å²) in [5.41, 5.74) is 1.000. The Morgan fingerprint density at radius 1 is 1.21 bits per heavy atom. The van der Waals surface area contributed by atoms with E-state index in [1.807, 2.05) is 38.1 Å². The average molecular weight is 413 g/mol. The first kappa shape index (κ1) is 18.6. The van der Waals surface area contributed by atoms with E-state index in [1.165, 1.54) is 0 Å². The number of hydrogen-bond donors (Lipinski definition) is 1. The zero-order valence-corrected chi connectivity index (χ0v) is 15.9. The topological polar surface area (TPSA) is 47.6 Å². The van der Waals surface area contributed by atoms with E-state index in [1.54, 1.807) is 18.2 Å². The summed E-state index contributed by atoms with van der Waals surface area (Å²) in [6, 6.07) is 12.7. The Bertz CT molecular complexity index is 691. The Morgan fingerprint density at radius 2 is 1.92 bits per heavy atom. The Hall–Kier alpha value is -1.72. The van der Waals surface area contributed by atoms with Gasteiger partial charge in [0.1, 0.15) is 11.5 Å². The van der Waals surface area contributed by atoms with Gasteiger partial charge in [0.25, 0.3) is 5.91 Å². The van der Waals surface area contributed by atoms with Crippen LogP contribution in [0.15, 0.2) is 46.9 Å². The number of ether oxygens (including phenoxy) is 2. The molecule has 1 amide bonds. The van der Waals surface area contributed by atoms with Crippen molar-refractivity contribution in [3.63, 3.8) is 0 Å². The van der Waals surface area contributed by atoms with Gasteiger partial charge in [0.05, 0.1) is 17.1 Å². The van der Waals surface area contributed by atoms with Gasteiger partial charge in [0.2, 0.25) is 0 Å². The molecule has 0 bridgehead atoms. The minimum Gasteiger partial charge on any atom is -0.494 e. The molecule has 0 spiro atoms. The van der Waals surface area contributed by atoms with E-state index in [0.717, 1.165) is 11.3 Å². The molecule has 0 aliphatic rings. The Labute approximate surface area is 155 Å². The molecule has 0 aromatic heterocycles. The van der Waals surface area contributed by atoms with Crippen molar-refractivity contribution in [3.05, 3.63) is 57.5 Å². The van der Waals surface area contributed by atoms with Crippen LogP contribution in [0.1, 0.15) is 25.5 Å². The summed E-state index contributed by atoms with van der Waals surface area (Å²) < 4.78 is 11.6. The number of amides is 1. The molecule has 24 heavy (non-hydrogen) atoms. The molecule has 128 valence electrons. The van der Waals surface area contributed by atoms with Crippen LogP contribution in [-0.2, 0) is 4.79 Å². The van der Waals surface area contributed by atoms with Crippen molar-refractivity contribution >= 4 is 33.4 Å². The molecule has 0 unspecified atom stereocenters. The van der Waals surface area contributed by atoms with Crippen LogP contribution in [0.2, 0.25) is 5.02 Å². The molecule has 0 radical (unpaired) electrons. The summed E-state index contributed by atoms with van der Waals surface area (Å²) in [6.45, 7) is 4.42. The predicted molar refractivity (Wildman–Crippen MR) is 98.8 cm³/mol. The summed E-state index contributed by atoms with van der Waals surface area (Å²) in [6.07, 6.45) is 0. The Morgan fingerprint density at radius 3 is 2.54 bits per heavy atom. The summed E-state index contributed by atoms with van der Waals surface area (Å²) in [7, 11) is 0. The van der Waals surface area contributed by atoms with Gasteiger partial charge in [-0.15, -0.1) is 0 Å². The Kier molecular flexibility index (Phi) is 6.94. The highest BCUT2D eigenvalue weighted by atomic mass is 79.9. The van der Waals surface area contributed by atoms with Gasteiger partial charge in [0.15, 0.2) is 6.61 Å². The maximum absolute atomic E-state index is 12.0. The molecular weight excluding hydrogens is 394 g/mol. The largest absolute Gasteiger partial charge is 0.494 e. The quantitative estimate of drug-likeness (QED) is 0.713. The molecular formula is C18H19BrClNO3. The van der Waals surface area contributed by atoms with Gasteiger partial charge in [-0.05, 0) is 65.7 Å². The molecule has 6 heteroatoms. The van der Waals surface area contributed by atoms with Gasteiger partial charge in [-0.2, -0.15) is 0 Å². The first-order chi connectivity index (χ1) is 11.5. The molecule has 2 aromatic carbocycles. The lowest BCUT2D eigenvalue weighted by molar-refractivity contribution is -0.123. The van der Waals surface area contributed by atoms with Gasteiger partial charge in [-0.3, -0.25) is 4.79 Å². The fourth-order valence-electron chi connectivity index (χ4n) is 2.12. The fourth-order valence-corrected chi connectivity index (χ4v) is 2.92. The number of rotatable bonds is 7. The third kappa shape index (κ3) is 5.42. The summed E-state index contributed by atoms with van der Waals surface area (Å²) in [5, 5.41) is 3.50. The van der Waals surface area contributed by atoms with Crippen molar-refractivity contribution in [3.8, 4) is 11.5 Å². The van der Waals surface area contributed by atoms with Crippen molar-refractivity contribution < 1.29 is 14.3 Å². The van der Waals surface area contributed by atoms with Crippen molar-refractivity contribution in [1.82, 2.24) is 5.32 Å². The molecule has 0 aliphatic heterocycles. The van der Waals surface area contributed by atoms with Crippen LogP contribution in [0, 0.1) is 0 Å². The second-order valence-corrected chi connectivity index (χ2v) is 6.45. The van der Waals surface area contributed by atoms with Crippen LogP contribution in [0.3, 0.4) is 0 Å².